The molecular formula is C15H19NO2S. The molecule has 2 rings (SSSR count). The molecule has 0 aliphatic rings. The summed E-state index contributed by atoms with van der Waals surface area (Å²) in [5.41, 5.74) is 2.09. The Morgan fingerprint density at radius 1 is 1.32 bits per heavy atom. The summed E-state index contributed by atoms with van der Waals surface area (Å²) in [6, 6.07) is 10.1. The lowest BCUT2D eigenvalue weighted by atomic mass is 10.2. The number of thiazole rings is 1. The van der Waals surface area contributed by atoms with E-state index in [1.54, 1.807) is 11.3 Å². The van der Waals surface area contributed by atoms with Crippen molar-refractivity contribution in [1.29, 1.82) is 0 Å². The Bertz CT molecular complexity index is 484. The second-order valence-corrected chi connectivity index (χ2v) is 5.37. The number of hydrogen-bond acceptors (Lipinski definition) is 4. The molecule has 19 heavy (non-hydrogen) atoms. The molecular weight excluding hydrogens is 258 g/mol. The number of aliphatic hydroxyl groups is 1. The Balaban J connectivity index is 1.91. The summed E-state index contributed by atoms with van der Waals surface area (Å²) < 4.78 is 5.34. The monoisotopic (exact) mass is 277 g/mol. The Morgan fingerprint density at radius 2 is 2.11 bits per heavy atom. The van der Waals surface area contributed by atoms with E-state index in [0.29, 0.717) is 19.6 Å². The molecule has 3 nitrogen and oxygen atoms in total. The van der Waals surface area contributed by atoms with Crippen molar-refractivity contribution in [2.45, 2.75) is 25.9 Å². The summed E-state index contributed by atoms with van der Waals surface area (Å²) in [6.45, 7) is 3.14. The van der Waals surface area contributed by atoms with Crippen LogP contribution in [0.4, 0.5) is 0 Å². The van der Waals surface area contributed by atoms with E-state index in [9.17, 15) is 5.11 Å². The smallest absolute Gasteiger partial charge is 0.0959 e. The van der Waals surface area contributed by atoms with Gasteiger partial charge in [-0.25, -0.2) is 4.98 Å². The van der Waals surface area contributed by atoms with Crippen molar-refractivity contribution in [3.63, 3.8) is 0 Å². The normalized spacial score (nSPS) is 12.5. The van der Waals surface area contributed by atoms with Crippen molar-refractivity contribution in [1.82, 2.24) is 4.98 Å². The quantitative estimate of drug-likeness (QED) is 0.791. The number of benzene rings is 1. The van der Waals surface area contributed by atoms with Crippen molar-refractivity contribution in [2.75, 3.05) is 13.2 Å². The predicted octanol–water partition coefficient (Wildman–Crippen LogP) is 3.14. The summed E-state index contributed by atoms with van der Waals surface area (Å²) in [5, 5.41) is 12.8. The Hall–Kier alpha value is -1.23. The van der Waals surface area contributed by atoms with Crippen LogP contribution in [0, 0.1) is 0 Å². The van der Waals surface area contributed by atoms with Crippen LogP contribution >= 0.6 is 11.3 Å². The van der Waals surface area contributed by atoms with E-state index in [1.807, 2.05) is 35.7 Å². The van der Waals surface area contributed by atoms with Gasteiger partial charge >= 0.3 is 0 Å². The van der Waals surface area contributed by atoms with Gasteiger partial charge in [-0.1, -0.05) is 37.3 Å². The molecule has 0 saturated carbocycles. The molecule has 1 aromatic carbocycles. The van der Waals surface area contributed by atoms with Crippen LogP contribution in [0.1, 0.15) is 18.4 Å². The molecule has 2 aromatic rings. The fourth-order valence-corrected chi connectivity index (χ4v) is 2.65. The van der Waals surface area contributed by atoms with Crippen LogP contribution in [0.15, 0.2) is 35.7 Å². The molecule has 0 spiro atoms. The number of rotatable bonds is 7. The van der Waals surface area contributed by atoms with Crippen LogP contribution in [0.5, 0.6) is 0 Å². The van der Waals surface area contributed by atoms with E-state index < -0.39 is 6.10 Å². The molecule has 1 atom stereocenters. The minimum absolute atomic E-state index is 0.383. The second kappa shape index (κ2) is 7.38. The molecule has 1 heterocycles. The van der Waals surface area contributed by atoms with Gasteiger partial charge in [0.15, 0.2) is 0 Å². The lowest BCUT2D eigenvalue weighted by Gasteiger charge is -2.08. The number of aromatic nitrogens is 1. The summed E-state index contributed by atoms with van der Waals surface area (Å²) in [7, 11) is 0. The number of ether oxygens (including phenoxy) is 1. The maximum Gasteiger partial charge on any atom is 0.0959 e. The van der Waals surface area contributed by atoms with E-state index in [4.69, 9.17) is 4.74 Å². The van der Waals surface area contributed by atoms with Gasteiger partial charge in [0.1, 0.15) is 0 Å². The second-order valence-electron chi connectivity index (χ2n) is 4.43. The standard InChI is InChI=1S/C15H19NO2S/c1-2-8-18-10-13(17)9-15-16-14(11-19-15)12-6-4-3-5-7-12/h3-7,11,13,17H,2,8-10H2,1H3. The highest BCUT2D eigenvalue weighted by atomic mass is 32.1. The average molecular weight is 277 g/mol. The van der Waals surface area contributed by atoms with E-state index in [2.05, 4.69) is 11.9 Å². The van der Waals surface area contributed by atoms with Crippen LogP contribution < -0.4 is 0 Å². The zero-order chi connectivity index (χ0) is 13.5. The van der Waals surface area contributed by atoms with Crippen LogP contribution in [-0.2, 0) is 11.2 Å². The summed E-state index contributed by atoms with van der Waals surface area (Å²) in [5.74, 6) is 0. The molecule has 0 bridgehead atoms. The first kappa shape index (κ1) is 14.2. The van der Waals surface area contributed by atoms with Crippen LogP contribution in [0.25, 0.3) is 11.3 Å². The fraction of sp³-hybridized carbons (Fsp3) is 0.400. The topological polar surface area (TPSA) is 42.4 Å². The first-order valence-corrected chi connectivity index (χ1v) is 7.43. The molecule has 0 amide bonds. The van der Waals surface area contributed by atoms with Crippen molar-refractivity contribution in [3.8, 4) is 11.3 Å². The Kier molecular flexibility index (Phi) is 5.51. The third-order valence-corrected chi connectivity index (χ3v) is 3.56. The van der Waals surface area contributed by atoms with Crippen molar-refractivity contribution in [2.24, 2.45) is 0 Å². The van der Waals surface area contributed by atoms with Gasteiger partial charge in [0.2, 0.25) is 0 Å². The predicted molar refractivity (Wildman–Crippen MR) is 78.4 cm³/mol. The molecule has 0 aliphatic heterocycles. The Morgan fingerprint density at radius 3 is 2.84 bits per heavy atom. The first-order chi connectivity index (χ1) is 9.29. The zero-order valence-electron chi connectivity index (χ0n) is 11.1. The highest BCUT2D eigenvalue weighted by Gasteiger charge is 2.10. The van der Waals surface area contributed by atoms with Crippen LogP contribution in [0.3, 0.4) is 0 Å². The van der Waals surface area contributed by atoms with Crippen molar-refractivity contribution < 1.29 is 9.84 Å². The molecule has 1 aromatic heterocycles. The third kappa shape index (κ3) is 4.42. The van der Waals surface area contributed by atoms with E-state index >= 15 is 0 Å². The number of aliphatic hydroxyl groups excluding tert-OH is 1. The van der Waals surface area contributed by atoms with Crippen molar-refractivity contribution >= 4 is 11.3 Å². The SMILES string of the molecule is CCCOCC(O)Cc1nc(-c2ccccc2)cs1. The molecule has 0 radical (unpaired) electrons. The number of nitrogens with zero attached hydrogens (tertiary/aromatic N) is 1. The first-order valence-electron chi connectivity index (χ1n) is 6.55. The van der Waals surface area contributed by atoms with Crippen LogP contribution in [-0.4, -0.2) is 29.4 Å². The minimum Gasteiger partial charge on any atom is -0.390 e. The fourth-order valence-electron chi connectivity index (χ4n) is 1.77. The summed E-state index contributed by atoms with van der Waals surface area (Å²) in [4.78, 5) is 4.55. The lowest BCUT2D eigenvalue weighted by Crippen LogP contribution is -2.18. The van der Waals surface area contributed by atoms with E-state index in [1.165, 1.54) is 0 Å². The molecule has 1 unspecified atom stereocenters. The molecule has 0 saturated heterocycles. The maximum absolute atomic E-state index is 9.85. The molecule has 0 aliphatic carbocycles. The molecule has 102 valence electrons. The average Bonchev–Trinajstić information content (AvgIpc) is 2.88. The largest absolute Gasteiger partial charge is 0.390 e. The van der Waals surface area contributed by atoms with Gasteiger partial charge in [-0.05, 0) is 6.42 Å². The van der Waals surface area contributed by atoms with Crippen LogP contribution in [0.2, 0.25) is 0 Å². The Labute approximate surface area is 117 Å². The molecule has 4 heteroatoms. The van der Waals surface area contributed by atoms with E-state index in [-0.39, 0.29) is 0 Å². The third-order valence-electron chi connectivity index (χ3n) is 2.69. The van der Waals surface area contributed by atoms with E-state index in [0.717, 1.165) is 22.7 Å². The molecule has 1 N–H and O–H groups in total. The number of hydrogen-bond donors (Lipinski definition) is 1. The summed E-state index contributed by atoms with van der Waals surface area (Å²) in [6.07, 6.45) is 1.06. The van der Waals surface area contributed by atoms with Gasteiger partial charge in [0.25, 0.3) is 0 Å². The van der Waals surface area contributed by atoms with Gasteiger partial charge in [-0.3, -0.25) is 0 Å². The maximum atomic E-state index is 9.85. The molecule has 0 fully saturated rings. The highest BCUT2D eigenvalue weighted by molar-refractivity contribution is 7.09. The van der Waals surface area contributed by atoms with Gasteiger partial charge < -0.3 is 9.84 Å². The van der Waals surface area contributed by atoms with Gasteiger partial charge in [0, 0.05) is 24.0 Å². The zero-order valence-corrected chi connectivity index (χ0v) is 11.9. The highest BCUT2D eigenvalue weighted by Crippen LogP contribution is 2.22. The van der Waals surface area contributed by atoms with Gasteiger partial charge in [0.05, 0.1) is 23.4 Å². The summed E-state index contributed by atoms with van der Waals surface area (Å²) >= 11 is 1.59. The minimum atomic E-state index is -0.471. The lowest BCUT2D eigenvalue weighted by molar-refractivity contribution is 0.0374. The van der Waals surface area contributed by atoms with Crippen molar-refractivity contribution in [3.05, 3.63) is 40.7 Å². The van der Waals surface area contributed by atoms with Gasteiger partial charge in [-0.15, -0.1) is 11.3 Å². The van der Waals surface area contributed by atoms with Gasteiger partial charge in [-0.2, -0.15) is 0 Å².